The van der Waals surface area contributed by atoms with Crippen LogP contribution in [0.5, 0.6) is 0 Å². The van der Waals surface area contributed by atoms with Crippen LogP contribution in [-0.4, -0.2) is 53.8 Å². The van der Waals surface area contributed by atoms with Crippen LogP contribution in [0.1, 0.15) is 10.4 Å². The third kappa shape index (κ3) is 4.78. The molecule has 7 heteroatoms. The highest BCUT2D eigenvalue weighted by molar-refractivity contribution is 6.10. The van der Waals surface area contributed by atoms with Crippen LogP contribution in [0.4, 0.5) is 11.4 Å². The summed E-state index contributed by atoms with van der Waals surface area (Å²) in [6.45, 7) is 3.99. The van der Waals surface area contributed by atoms with E-state index in [2.05, 4.69) is 27.3 Å². The number of hydrogen-bond donors (Lipinski definition) is 1. The fourth-order valence-electron chi connectivity index (χ4n) is 4.54. The van der Waals surface area contributed by atoms with E-state index in [-0.39, 0.29) is 5.56 Å². The number of nitrogens with one attached hydrogen (secondary N) is 1. The molecule has 0 saturated carbocycles. The molecule has 3 aromatic carbocycles. The normalized spacial score (nSPS) is 14.0. The van der Waals surface area contributed by atoms with E-state index in [0.29, 0.717) is 16.9 Å². The molecule has 4 aromatic rings. The van der Waals surface area contributed by atoms with Gasteiger partial charge in [0.05, 0.1) is 5.69 Å². The smallest absolute Gasteiger partial charge is 0.280 e. The van der Waals surface area contributed by atoms with Gasteiger partial charge in [-0.05, 0) is 36.9 Å². The summed E-state index contributed by atoms with van der Waals surface area (Å²) >= 11 is 0. The number of anilines is 2. The summed E-state index contributed by atoms with van der Waals surface area (Å²) in [5, 5.41) is 7.50. The lowest BCUT2D eigenvalue weighted by atomic mass is 9.95. The fourth-order valence-corrected chi connectivity index (χ4v) is 4.54. The Labute approximate surface area is 210 Å². The highest BCUT2D eigenvalue weighted by Crippen LogP contribution is 2.32. The minimum atomic E-state index is -0.457. The maximum Gasteiger partial charge on any atom is 0.280 e. The minimum absolute atomic E-state index is 0.0701. The molecule has 1 N–H and O–H groups in total. The molecular weight excluding hydrogens is 450 g/mol. The zero-order valence-electron chi connectivity index (χ0n) is 20.5. The molecule has 5 rings (SSSR count). The predicted molar refractivity (Wildman–Crippen MR) is 144 cm³/mol. The van der Waals surface area contributed by atoms with Gasteiger partial charge in [0.2, 0.25) is 0 Å². The number of hydrogen-bond acceptors (Lipinski definition) is 5. The molecule has 1 amide bonds. The standard InChI is InChI=1S/C29H29N5O2/c1-32-17-19-34(20-18-32)24-15-13-23(14-16-24)30-28(35)26-25(21-9-5-3-6-10-21)27(31-33(2)29(26)36)22-11-7-4-8-12-22/h3-16H,17-20H2,1-2H3,(H,30,35). The van der Waals surface area contributed by atoms with Gasteiger partial charge in [-0.3, -0.25) is 9.59 Å². The van der Waals surface area contributed by atoms with Crippen LogP contribution in [0.2, 0.25) is 0 Å². The van der Waals surface area contributed by atoms with Gasteiger partial charge in [0.25, 0.3) is 11.5 Å². The van der Waals surface area contributed by atoms with Gasteiger partial charge in [-0.1, -0.05) is 60.7 Å². The molecule has 182 valence electrons. The van der Waals surface area contributed by atoms with Gasteiger partial charge in [0.15, 0.2) is 0 Å². The number of rotatable bonds is 5. The third-order valence-corrected chi connectivity index (χ3v) is 6.57. The van der Waals surface area contributed by atoms with Gasteiger partial charge in [0, 0.05) is 55.7 Å². The average Bonchev–Trinajstić information content (AvgIpc) is 2.91. The number of benzene rings is 3. The van der Waals surface area contributed by atoms with Gasteiger partial charge in [-0.25, -0.2) is 4.68 Å². The molecule has 1 aliphatic rings. The first-order valence-corrected chi connectivity index (χ1v) is 12.1. The largest absolute Gasteiger partial charge is 0.369 e. The van der Waals surface area contributed by atoms with E-state index in [1.54, 1.807) is 7.05 Å². The van der Waals surface area contributed by atoms with E-state index in [1.807, 2.05) is 84.9 Å². The predicted octanol–water partition coefficient (Wildman–Crippen LogP) is 4.12. The molecule has 1 aromatic heterocycles. The molecule has 0 bridgehead atoms. The monoisotopic (exact) mass is 479 g/mol. The highest BCUT2D eigenvalue weighted by atomic mass is 16.2. The number of piperazine rings is 1. The lowest BCUT2D eigenvalue weighted by Crippen LogP contribution is -2.44. The van der Waals surface area contributed by atoms with E-state index in [9.17, 15) is 9.59 Å². The first-order valence-electron chi connectivity index (χ1n) is 12.1. The van der Waals surface area contributed by atoms with Crippen molar-refractivity contribution in [3.05, 3.63) is 101 Å². The van der Waals surface area contributed by atoms with Crippen molar-refractivity contribution in [3.63, 3.8) is 0 Å². The Morgan fingerprint density at radius 2 is 1.36 bits per heavy atom. The Bertz CT molecular complexity index is 1410. The Morgan fingerprint density at radius 1 is 0.778 bits per heavy atom. The second-order valence-electron chi connectivity index (χ2n) is 9.05. The zero-order chi connectivity index (χ0) is 25.1. The number of aromatic nitrogens is 2. The molecule has 0 radical (unpaired) electrons. The van der Waals surface area contributed by atoms with Crippen LogP contribution >= 0.6 is 0 Å². The molecule has 0 spiro atoms. The average molecular weight is 480 g/mol. The second kappa shape index (κ2) is 10.2. The van der Waals surface area contributed by atoms with Gasteiger partial charge in [-0.15, -0.1) is 0 Å². The van der Waals surface area contributed by atoms with Gasteiger partial charge in [-0.2, -0.15) is 5.10 Å². The summed E-state index contributed by atoms with van der Waals surface area (Å²) in [5.41, 5.74) is 4.08. The maximum atomic E-state index is 13.6. The van der Waals surface area contributed by atoms with E-state index >= 15 is 0 Å². The minimum Gasteiger partial charge on any atom is -0.369 e. The summed E-state index contributed by atoms with van der Waals surface area (Å²) < 4.78 is 1.24. The molecule has 2 heterocycles. The number of carbonyl (C=O) groups excluding carboxylic acids is 1. The van der Waals surface area contributed by atoms with Gasteiger partial charge < -0.3 is 15.1 Å². The van der Waals surface area contributed by atoms with Crippen LogP contribution in [0.15, 0.2) is 89.7 Å². The van der Waals surface area contributed by atoms with Crippen molar-refractivity contribution in [3.8, 4) is 22.4 Å². The van der Waals surface area contributed by atoms with E-state index < -0.39 is 11.5 Å². The number of nitrogens with zero attached hydrogens (tertiary/aromatic N) is 4. The topological polar surface area (TPSA) is 70.5 Å². The molecule has 36 heavy (non-hydrogen) atoms. The number of carbonyl (C=O) groups is 1. The van der Waals surface area contributed by atoms with E-state index in [1.165, 1.54) is 4.68 Å². The van der Waals surface area contributed by atoms with Crippen molar-refractivity contribution in [1.29, 1.82) is 0 Å². The van der Waals surface area contributed by atoms with E-state index in [0.717, 1.165) is 43.0 Å². The third-order valence-electron chi connectivity index (χ3n) is 6.57. The zero-order valence-corrected chi connectivity index (χ0v) is 20.5. The quantitative estimate of drug-likeness (QED) is 0.466. The van der Waals surface area contributed by atoms with Gasteiger partial charge in [0.1, 0.15) is 5.56 Å². The van der Waals surface area contributed by atoms with Crippen molar-refractivity contribution < 1.29 is 4.79 Å². The van der Waals surface area contributed by atoms with Crippen molar-refractivity contribution >= 4 is 17.3 Å². The molecule has 7 nitrogen and oxygen atoms in total. The number of likely N-dealkylation sites (N-methyl/N-ethyl adjacent to an activating group) is 1. The van der Waals surface area contributed by atoms with Crippen molar-refractivity contribution in [2.24, 2.45) is 7.05 Å². The van der Waals surface area contributed by atoms with Crippen molar-refractivity contribution in [2.75, 3.05) is 43.4 Å². The highest BCUT2D eigenvalue weighted by Gasteiger charge is 2.24. The lowest BCUT2D eigenvalue weighted by Gasteiger charge is -2.34. The van der Waals surface area contributed by atoms with Crippen LogP contribution in [-0.2, 0) is 7.05 Å². The molecule has 0 unspecified atom stereocenters. The Balaban J connectivity index is 1.52. The molecule has 0 aliphatic carbocycles. The Hall–Kier alpha value is -4.23. The van der Waals surface area contributed by atoms with Crippen LogP contribution < -0.4 is 15.8 Å². The van der Waals surface area contributed by atoms with Crippen LogP contribution in [0.25, 0.3) is 22.4 Å². The Kier molecular flexibility index (Phi) is 6.64. The molecule has 1 saturated heterocycles. The van der Waals surface area contributed by atoms with Crippen LogP contribution in [0.3, 0.4) is 0 Å². The summed E-state index contributed by atoms with van der Waals surface area (Å²) in [6, 6.07) is 26.9. The summed E-state index contributed by atoms with van der Waals surface area (Å²) in [5.74, 6) is -0.457. The first-order chi connectivity index (χ1) is 17.5. The van der Waals surface area contributed by atoms with E-state index in [4.69, 9.17) is 0 Å². The van der Waals surface area contributed by atoms with Crippen molar-refractivity contribution in [2.45, 2.75) is 0 Å². The lowest BCUT2D eigenvalue weighted by molar-refractivity contribution is 0.102. The second-order valence-corrected chi connectivity index (χ2v) is 9.05. The number of amides is 1. The maximum absolute atomic E-state index is 13.6. The Morgan fingerprint density at radius 3 is 1.97 bits per heavy atom. The summed E-state index contributed by atoms with van der Waals surface area (Å²) in [4.78, 5) is 31.6. The van der Waals surface area contributed by atoms with Crippen molar-refractivity contribution in [1.82, 2.24) is 14.7 Å². The molecule has 1 fully saturated rings. The number of aryl methyl sites for hydroxylation is 1. The van der Waals surface area contributed by atoms with Gasteiger partial charge >= 0.3 is 0 Å². The SMILES string of the molecule is CN1CCN(c2ccc(NC(=O)c3c(-c4ccccc4)c(-c4ccccc4)nn(C)c3=O)cc2)CC1. The van der Waals surface area contributed by atoms with Crippen LogP contribution in [0, 0.1) is 0 Å². The summed E-state index contributed by atoms with van der Waals surface area (Å²) in [7, 11) is 3.71. The molecular formula is C29H29N5O2. The summed E-state index contributed by atoms with van der Waals surface area (Å²) in [6.07, 6.45) is 0. The molecule has 0 atom stereocenters. The first kappa shape index (κ1) is 23.5. The molecule has 1 aliphatic heterocycles. The fraction of sp³-hybridized carbons (Fsp3) is 0.207.